The number of benzene rings is 2. The number of rotatable bonds is 5. The summed E-state index contributed by atoms with van der Waals surface area (Å²) in [5.74, 6) is -0.224. The van der Waals surface area contributed by atoms with E-state index in [9.17, 15) is 9.59 Å². The first-order valence-corrected chi connectivity index (χ1v) is 9.33. The molecule has 0 fully saturated rings. The third-order valence-electron chi connectivity index (χ3n) is 4.65. The Labute approximate surface area is 170 Å². The lowest BCUT2D eigenvalue weighted by atomic mass is 10.1. The van der Waals surface area contributed by atoms with Crippen LogP contribution < -0.4 is 10.9 Å². The van der Waals surface area contributed by atoms with Gasteiger partial charge in [-0.25, -0.2) is 9.67 Å². The second kappa shape index (κ2) is 7.80. The van der Waals surface area contributed by atoms with Gasteiger partial charge in [-0.15, -0.1) is 0 Å². The van der Waals surface area contributed by atoms with Gasteiger partial charge in [0.1, 0.15) is 12.7 Å². The molecular weight excluding hydrogens is 388 g/mol. The van der Waals surface area contributed by atoms with E-state index >= 15 is 0 Å². The summed E-state index contributed by atoms with van der Waals surface area (Å²) in [5, 5.41) is 7.47. The van der Waals surface area contributed by atoms with Crippen LogP contribution >= 0.6 is 12.2 Å². The Morgan fingerprint density at radius 2 is 1.93 bits per heavy atom. The molecule has 1 amide bonds. The molecule has 9 heteroatoms. The largest absolute Gasteiger partial charge is 0.348 e. The molecule has 4 rings (SSSR count). The highest BCUT2D eigenvalue weighted by molar-refractivity contribution is 7.71. The summed E-state index contributed by atoms with van der Waals surface area (Å²) in [6, 6.07) is 12.8. The minimum Gasteiger partial charge on any atom is -0.348 e. The van der Waals surface area contributed by atoms with Crippen molar-refractivity contribution in [1.82, 2.24) is 29.6 Å². The van der Waals surface area contributed by atoms with Crippen molar-refractivity contribution in [3.63, 3.8) is 0 Å². The Morgan fingerprint density at radius 1 is 1.17 bits per heavy atom. The van der Waals surface area contributed by atoms with Gasteiger partial charge in [-0.05, 0) is 41.5 Å². The molecule has 2 aromatic carbocycles. The van der Waals surface area contributed by atoms with Crippen molar-refractivity contribution in [1.29, 1.82) is 0 Å². The molecule has 4 aromatic rings. The summed E-state index contributed by atoms with van der Waals surface area (Å²) in [6.45, 7) is 1.04. The fourth-order valence-corrected chi connectivity index (χ4v) is 3.19. The molecule has 146 valence electrons. The quantitative estimate of drug-likeness (QED) is 0.495. The lowest BCUT2D eigenvalue weighted by Gasteiger charge is -2.08. The predicted octanol–water partition coefficient (Wildman–Crippen LogP) is 2.17. The molecule has 29 heavy (non-hydrogen) atoms. The monoisotopic (exact) mass is 406 g/mol. The van der Waals surface area contributed by atoms with Crippen LogP contribution in [0.3, 0.4) is 0 Å². The van der Waals surface area contributed by atoms with Crippen molar-refractivity contribution in [2.45, 2.75) is 13.1 Å². The van der Waals surface area contributed by atoms with Crippen molar-refractivity contribution in [3.8, 4) is 0 Å². The number of nitrogens with zero attached hydrogens (tertiary/aromatic N) is 4. The van der Waals surface area contributed by atoms with Gasteiger partial charge in [0.15, 0.2) is 4.77 Å². The number of hydrogen-bond donors (Lipinski definition) is 2. The first-order valence-electron chi connectivity index (χ1n) is 8.93. The fraction of sp³-hybridized carbons (Fsp3) is 0.150. The third-order valence-corrected chi connectivity index (χ3v) is 5.03. The molecule has 8 nitrogen and oxygen atoms in total. The average Bonchev–Trinajstić information content (AvgIpc) is 3.24. The maximum atomic E-state index is 12.5. The van der Waals surface area contributed by atoms with Gasteiger partial charge in [0, 0.05) is 19.2 Å². The Hall–Kier alpha value is -3.59. The second-order valence-corrected chi connectivity index (χ2v) is 7.03. The lowest BCUT2D eigenvalue weighted by Crippen LogP contribution is -2.23. The number of fused-ring (bicyclic) bond motifs is 1. The third kappa shape index (κ3) is 3.99. The van der Waals surface area contributed by atoms with Gasteiger partial charge in [-0.2, -0.15) is 5.10 Å². The molecule has 2 heterocycles. The molecule has 0 aliphatic carbocycles. The van der Waals surface area contributed by atoms with E-state index in [-0.39, 0.29) is 11.5 Å². The van der Waals surface area contributed by atoms with Crippen LogP contribution in [-0.4, -0.2) is 30.2 Å². The highest BCUT2D eigenvalue weighted by Crippen LogP contribution is 2.11. The minimum atomic E-state index is -0.224. The second-order valence-electron chi connectivity index (χ2n) is 6.65. The Balaban J connectivity index is 1.45. The van der Waals surface area contributed by atoms with Crippen LogP contribution in [0.25, 0.3) is 10.9 Å². The van der Waals surface area contributed by atoms with E-state index in [0.29, 0.717) is 34.3 Å². The number of nitrogens with one attached hydrogen (secondary N) is 2. The zero-order chi connectivity index (χ0) is 20.4. The Kier molecular flexibility index (Phi) is 5.05. The lowest BCUT2D eigenvalue weighted by molar-refractivity contribution is 0.0951. The normalized spacial score (nSPS) is 10.9. The predicted molar refractivity (Wildman–Crippen MR) is 111 cm³/mol. The molecule has 0 aliphatic heterocycles. The summed E-state index contributed by atoms with van der Waals surface area (Å²) >= 11 is 5.14. The number of aromatic nitrogens is 5. The Morgan fingerprint density at radius 3 is 2.66 bits per heavy atom. The van der Waals surface area contributed by atoms with E-state index in [1.165, 1.54) is 10.9 Å². The number of H-pyrrole nitrogens is 1. The van der Waals surface area contributed by atoms with Gasteiger partial charge in [-0.3, -0.25) is 14.2 Å². The maximum Gasteiger partial charge on any atom is 0.261 e. The fourth-order valence-electron chi connectivity index (χ4n) is 3.00. The van der Waals surface area contributed by atoms with Crippen LogP contribution in [0.4, 0.5) is 0 Å². The number of amides is 1. The maximum absolute atomic E-state index is 12.5. The van der Waals surface area contributed by atoms with E-state index in [4.69, 9.17) is 12.2 Å². The zero-order valence-corrected chi connectivity index (χ0v) is 16.4. The molecule has 0 radical (unpaired) electrons. The van der Waals surface area contributed by atoms with E-state index < -0.39 is 0 Å². The summed E-state index contributed by atoms with van der Waals surface area (Å²) in [4.78, 5) is 31.7. The van der Waals surface area contributed by atoms with Crippen LogP contribution in [0, 0.1) is 4.77 Å². The highest BCUT2D eigenvalue weighted by atomic mass is 32.1. The Bertz CT molecular complexity index is 1290. The van der Waals surface area contributed by atoms with Gasteiger partial charge in [0.2, 0.25) is 0 Å². The molecule has 0 saturated heterocycles. The van der Waals surface area contributed by atoms with Gasteiger partial charge >= 0.3 is 0 Å². The van der Waals surface area contributed by atoms with Crippen LogP contribution in [-0.2, 0) is 20.1 Å². The van der Waals surface area contributed by atoms with Crippen LogP contribution in [0.15, 0.2) is 59.9 Å². The van der Waals surface area contributed by atoms with Crippen LogP contribution in [0.2, 0.25) is 0 Å². The number of carbonyl (C=O) groups excluding carboxylic acids is 1. The van der Waals surface area contributed by atoms with Crippen molar-refractivity contribution in [3.05, 3.63) is 86.9 Å². The highest BCUT2D eigenvalue weighted by Gasteiger charge is 2.09. The topological polar surface area (TPSA) is 97.6 Å². The number of aromatic amines is 1. The summed E-state index contributed by atoms with van der Waals surface area (Å²) in [7, 11) is 1.61. The van der Waals surface area contributed by atoms with Gasteiger partial charge in [0.05, 0.1) is 17.4 Å². The van der Waals surface area contributed by atoms with E-state index in [2.05, 4.69) is 20.4 Å². The average molecular weight is 406 g/mol. The smallest absolute Gasteiger partial charge is 0.261 e. The first-order chi connectivity index (χ1) is 14.0. The van der Waals surface area contributed by atoms with E-state index in [1.807, 2.05) is 24.3 Å². The first kappa shape index (κ1) is 18.8. The molecule has 0 unspecified atom stereocenters. The molecule has 0 bridgehead atoms. The summed E-state index contributed by atoms with van der Waals surface area (Å²) in [5.41, 5.74) is 2.89. The minimum absolute atomic E-state index is 0.193. The SMILES string of the molecule is Cn1c(=S)[nH]c2cc(C(=O)NCc3ccc(Cn4cncn4)cc3)ccc2c1=O. The molecule has 2 aromatic heterocycles. The number of hydrogen-bond acceptors (Lipinski definition) is 5. The van der Waals surface area contributed by atoms with Crippen molar-refractivity contribution in [2.75, 3.05) is 0 Å². The zero-order valence-electron chi connectivity index (χ0n) is 15.6. The van der Waals surface area contributed by atoms with Crippen molar-refractivity contribution in [2.24, 2.45) is 7.05 Å². The summed E-state index contributed by atoms with van der Waals surface area (Å²) < 4.78 is 3.42. The molecule has 2 N–H and O–H groups in total. The molecule has 0 aliphatic rings. The molecule has 0 atom stereocenters. The summed E-state index contributed by atoms with van der Waals surface area (Å²) in [6.07, 6.45) is 3.17. The van der Waals surface area contributed by atoms with Crippen molar-refractivity contribution >= 4 is 29.0 Å². The number of carbonyl (C=O) groups is 1. The molecular formula is C20H18N6O2S. The van der Waals surface area contributed by atoms with Crippen LogP contribution in [0.1, 0.15) is 21.5 Å². The van der Waals surface area contributed by atoms with Gasteiger partial charge in [-0.1, -0.05) is 24.3 Å². The van der Waals surface area contributed by atoms with Gasteiger partial charge in [0.25, 0.3) is 11.5 Å². The molecule has 0 spiro atoms. The van der Waals surface area contributed by atoms with Crippen LogP contribution in [0.5, 0.6) is 0 Å². The van der Waals surface area contributed by atoms with E-state index in [0.717, 1.165) is 11.1 Å². The van der Waals surface area contributed by atoms with Crippen molar-refractivity contribution < 1.29 is 4.79 Å². The van der Waals surface area contributed by atoms with E-state index in [1.54, 1.807) is 36.3 Å². The standard InChI is InChI=1S/C20H18N6O2S/c1-25-19(28)16-7-6-15(8-17(16)24-20(25)29)18(27)22-9-13-2-4-14(5-3-13)10-26-12-21-11-23-26/h2-8,11-12H,9-10H2,1H3,(H,22,27)(H,24,29). The molecule has 0 saturated carbocycles. The van der Waals surface area contributed by atoms with Gasteiger partial charge < -0.3 is 10.3 Å².